The number of para-hydroxylation sites is 1. The summed E-state index contributed by atoms with van der Waals surface area (Å²) in [6, 6.07) is 12.2. The van der Waals surface area contributed by atoms with Gasteiger partial charge in [-0.1, -0.05) is 29.8 Å². The molecule has 0 atom stereocenters. The van der Waals surface area contributed by atoms with Crippen LogP contribution < -0.4 is 0 Å². The highest BCUT2D eigenvalue weighted by molar-refractivity contribution is 6.17. The molecule has 1 heterocycles. The van der Waals surface area contributed by atoms with Crippen LogP contribution in [0.25, 0.3) is 10.9 Å². The van der Waals surface area contributed by atoms with Crippen molar-refractivity contribution in [1.29, 1.82) is 0 Å². The molecule has 2 nitrogen and oxygen atoms in total. The molecule has 20 heavy (non-hydrogen) atoms. The number of halogens is 1. The van der Waals surface area contributed by atoms with Crippen molar-refractivity contribution in [3.8, 4) is 0 Å². The highest BCUT2D eigenvalue weighted by Crippen LogP contribution is 2.25. The number of benzene rings is 2. The molecular weight excluding hydrogens is 253 g/mol. The van der Waals surface area contributed by atoms with E-state index >= 15 is 0 Å². The highest BCUT2D eigenvalue weighted by atomic mass is 19.1. The molecule has 3 rings (SSSR count). The highest BCUT2D eigenvalue weighted by Gasteiger charge is 2.20. The van der Waals surface area contributed by atoms with E-state index < -0.39 is 5.82 Å². The lowest BCUT2D eigenvalue weighted by molar-refractivity contribution is 0.103. The zero-order chi connectivity index (χ0) is 14.3. The van der Waals surface area contributed by atoms with Gasteiger partial charge in [0.25, 0.3) is 0 Å². The first-order valence-electron chi connectivity index (χ1n) is 6.46. The van der Waals surface area contributed by atoms with Gasteiger partial charge in [-0.25, -0.2) is 4.39 Å². The lowest BCUT2D eigenvalue weighted by atomic mass is 9.99. The van der Waals surface area contributed by atoms with Crippen molar-refractivity contribution in [3.05, 3.63) is 70.7 Å². The van der Waals surface area contributed by atoms with Crippen LogP contribution in [0.5, 0.6) is 0 Å². The number of H-pyrrole nitrogens is 1. The van der Waals surface area contributed by atoms with Gasteiger partial charge in [0.1, 0.15) is 5.82 Å². The van der Waals surface area contributed by atoms with E-state index in [1.165, 1.54) is 6.07 Å². The molecule has 0 fully saturated rings. The molecule has 0 aliphatic rings. The van der Waals surface area contributed by atoms with E-state index in [-0.39, 0.29) is 11.3 Å². The lowest BCUT2D eigenvalue weighted by Gasteiger charge is -2.04. The topological polar surface area (TPSA) is 32.9 Å². The van der Waals surface area contributed by atoms with Gasteiger partial charge in [-0.15, -0.1) is 0 Å². The maximum atomic E-state index is 13.9. The summed E-state index contributed by atoms with van der Waals surface area (Å²) in [6.07, 6.45) is 0. The minimum Gasteiger partial charge on any atom is -0.358 e. The second-order valence-corrected chi connectivity index (χ2v) is 4.98. The van der Waals surface area contributed by atoms with Gasteiger partial charge < -0.3 is 4.98 Å². The van der Waals surface area contributed by atoms with Gasteiger partial charge in [-0.05, 0) is 32.0 Å². The molecule has 1 aromatic heterocycles. The summed E-state index contributed by atoms with van der Waals surface area (Å²) in [6.45, 7) is 3.68. The van der Waals surface area contributed by atoms with Gasteiger partial charge in [-0.3, -0.25) is 4.79 Å². The minimum atomic E-state index is -0.481. The Bertz CT molecular complexity index is 817. The molecule has 3 heteroatoms. The van der Waals surface area contributed by atoms with Gasteiger partial charge in [0.05, 0.1) is 11.1 Å². The first-order valence-corrected chi connectivity index (χ1v) is 6.46. The summed E-state index contributed by atoms with van der Waals surface area (Å²) in [4.78, 5) is 15.8. The van der Waals surface area contributed by atoms with Crippen LogP contribution in [0.15, 0.2) is 42.5 Å². The van der Waals surface area contributed by atoms with Crippen molar-refractivity contribution in [2.24, 2.45) is 0 Å². The van der Waals surface area contributed by atoms with Gasteiger partial charge in [-0.2, -0.15) is 0 Å². The van der Waals surface area contributed by atoms with E-state index in [9.17, 15) is 9.18 Å². The number of aromatic amines is 1. The average molecular weight is 267 g/mol. The molecular formula is C17H14FNO. The van der Waals surface area contributed by atoms with Crippen LogP contribution in [0.2, 0.25) is 0 Å². The molecule has 0 unspecified atom stereocenters. The van der Waals surface area contributed by atoms with E-state index in [2.05, 4.69) is 4.98 Å². The molecule has 2 aromatic carbocycles. The molecule has 0 aliphatic carbocycles. The molecule has 0 radical (unpaired) electrons. The Morgan fingerprint density at radius 1 is 1.10 bits per heavy atom. The van der Waals surface area contributed by atoms with Crippen LogP contribution in [-0.4, -0.2) is 10.8 Å². The van der Waals surface area contributed by atoms with Gasteiger partial charge >= 0.3 is 0 Å². The molecule has 0 amide bonds. The Balaban J connectivity index is 2.22. The molecule has 100 valence electrons. The number of rotatable bonds is 2. The third-order valence-electron chi connectivity index (χ3n) is 3.49. The number of carbonyl (C=O) groups excluding carboxylic acids is 1. The molecule has 0 aliphatic heterocycles. The zero-order valence-electron chi connectivity index (χ0n) is 11.3. The van der Waals surface area contributed by atoms with E-state index in [1.807, 2.05) is 38.1 Å². The fraction of sp³-hybridized carbons (Fsp3) is 0.118. The first kappa shape index (κ1) is 12.6. The van der Waals surface area contributed by atoms with Crippen LogP contribution in [0.3, 0.4) is 0 Å². The van der Waals surface area contributed by atoms with Crippen molar-refractivity contribution >= 4 is 16.7 Å². The summed E-state index contributed by atoms with van der Waals surface area (Å²) < 4.78 is 13.9. The van der Waals surface area contributed by atoms with Gasteiger partial charge in [0, 0.05) is 16.6 Å². The normalized spacial score (nSPS) is 10.9. The van der Waals surface area contributed by atoms with Crippen LogP contribution in [-0.2, 0) is 0 Å². The number of fused-ring (bicyclic) bond motifs is 1. The van der Waals surface area contributed by atoms with Crippen molar-refractivity contribution < 1.29 is 9.18 Å². The monoisotopic (exact) mass is 267 g/mol. The number of aromatic nitrogens is 1. The SMILES string of the molecule is Cc1ccc(F)c(C(=O)c2c(C)[nH]c3ccccc23)c1. The summed E-state index contributed by atoms with van der Waals surface area (Å²) in [5.74, 6) is -0.758. The van der Waals surface area contributed by atoms with Crippen LogP contribution in [0.4, 0.5) is 4.39 Å². The number of nitrogens with one attached hydrogen (secondary N) is 1. The molecule has 3 aromatic rings. The summed E-state index contributed by atoms with van der Waals surface area (Å²) in [7, 11) is 0. The van der Waals surface area contributed by atoms with Gasteiger partial charge in [0.15, 0.2) is 5.78 Å². The number of hydrogen-bond acceptors (Lipinski definition) is 1. The smallest absolute Gasteiger partial charge is 0.198 e. The lowest BCUT2D eigenvalue weighted by Crippen LogP contribution is -2.05. The molecule has 0 spiro atoms. The standard InChI is InChI=1S/C17H14FNO/c1-10-7-8-14(18)13(9-10)17(20)16-11(2)19-15-6-4-3-5-12(15)16/h3-9,19H,1-2H3. The second kappa shape index (κ2) is 4.60. The third-order valence-corrected chi connectivity index (χ3v) is 3.49. The van der Waals surface area contributed by atoms with Crippen molar-refractivity contribution in [3.63, 3.8) is 0 Å². The number of carbonyl (C=O) groups is 1. The fourth-order valence-electron chi connectivity index (χ4n) is 2.52. The van der Waals surface area contributed by atoms with Crippen LogP contribution in [0, 0.1) is 19.7 Å². The third kappa shape index (κ3) is 1.92. The van der Waals surface area contributed by atoms with E-state index in [0.717, 1.165) is 22.2 Å². The van der Waals surface area contributed by atoms with Crippen LogP contribution >= 0.6 is 0 Å². The number of aryl methyl sites for hydroxylation is 2. The quantitative estimate of drug-likeness (QED) is 0.695. The number of ketones is 1. The predicted molar refractivity (Wildman–Crippen MR) is 77.6 cm³/mol. The van der Waals surface area contributed by atoms with E-state index in [0.29, 0.717) is 5.56 Å². The largest absolute Gasteiger partial charge is 0.358 e. The predicted octanol–water partition coefficient (Wildman–Crippen LogP) is 4.15. The maximum Gasteiger partial charge on any atom is 0.198 e. The Hall–Kier alpha value is -2.42. The fourth-order valence-corrected chi connectivity index (χ4v) is 2.52. The van der Waals surface area contributed by atoms with Crippen molar-refractivity contribution in [1.82, 2.24) is 4.98 Å². The average Bonchev–Trinajstić information content (AvgIpc) is 2.76. The first-order chi connectivity index (χ1) is 9.58. The van der Waals surface area contributed by atoms with Crippen LogP contribution in [0.1, 0.15) is 27.2 Å². The van der Waals surface area contributed by atoms with E-state index in [4.69, 9.17) is 0 Å². The molecule has 1 N–H and O–H groups in total. The molecule has 0 saturated heterocycles. The Morgan fingerprint density at radius 3 is 2.65 bits per heavy atom. The van der Waals surface area contributed by atoms with Crippen molar-refractivity contribution in [2.75, 3.05) is 0 Å². The van der Waals surface area contributed by atoms with E-state index in [1.54, 1.807) is 12.1 Å². The Morgan fingerprint density at radius 2 is 1.85 bits per heavy atom. The maximum absolute atomic E-state index is 13.9. The second-order valence-electron chi connectivity index (χ2n) is 4.98. The Labute approximate surface area is 116 Å². The summed E-state index contributed by atoms with van der Waals surface area (Å²) >= 11 is 0. The Kier molecular flexibility index (Phi) is 2.90. The summed E-state index contributed by atoms with van der Waals surface area (Å²) in [5, 5.41) is 0.830. The van der Waals surface area contributed by atoms with Crippen molar-refractivity contribution in [2.45, 2.75) is 13.8 Å². The minimum absolute atomic E-state index is 0.123. The number of hydrogen-bond donors (Lipinski definition) is 1. The molecule has 0 bridgehead atoms. The zero-order valence-corrected chi connectivity index (χ0v) is 11.3. The summed E-state index contributed by atoms with van der Waals surface area (Å²) in [5.41, 5.74) is 3.19. The van der Waals surface area contributed by atoms with Gasteiger partial charge in [0.2, 0.25) is 0 Å². The molecule has 0 saturated carbocycles.